The molecule has 0 radical (unpaired) electrons. The van der Waals surface area contributed by atoms with Gasteiger partial charge < -0.3 is 20.8 Å². The summed E-state index contributed by atoms with van der Waals surface area (Å²) in [5.41, 5.74) is 0. The SMILES string of the molecule is Cc1ccc(CNC(=O)N[C@@H](CCC(=O)O)C(=O)O)s1. The molecule has 110 valence electrons. The number of carbonyl (C=O) groups excluding carboxylic acids is 1. The Morgan fingerprint density at radius 1 is 1.30 bits per heavy atom. The lowest BCUT2D eigenvalue weighted by Gasteiger charge is -2.13. The van der Waals surface area contributed by atoms with Crippen LogP contribution in [0.25, 0.3) is 0 Å². The standard InChI is InChI=1S/C12H16N2O5S/c1-7-2-3-8(20-7)6-13-12(19)14-9(11(17)18)4-5-10(15)16/h2-3,9H,4-6H2,1H3,(H,15,16)(H,17,18)(H2,13,14,19)/t9-/m0/s1. The van der Waals surface area contributed by atoms with Crippen LogP contribution < -0.4 is 10.6 Å². The molecular formula is C12H16N2O5S. The fourth-order valence-electron chi connectivity index (χ4n) is 1.48. The number of aliphatic carboxylic acids is 2. The Labute approximate surface area is 119 Å². The smallest absolute Gasteiger partial charge is 0.326 e. The Kier molecular flexibility index (Phi) is 5.98. The van der Waals surface area contributed by atoms with E-state index in [0.29, 0.717) is 6.54 Å². The molecule has 0 aliphatic heterocycles. The molecule has 0 aliphatic carbocycles. The fourth-order valence-corrected chi connectivity index (χ4v) is 2.31. The third-order valence-corrected chi connectivity index (χ3v) is 3.47. The van der Waals surface area contributed by atoms with E-state index in [4.69, 9.17) is 10.2 Å². The van der Waals surface area contributed by atoms with Crippen LogP contribution in [-0.2, 0) is 16.1 Å². The number of amides is 2. The van der Waals surface area contributed by atoms with Gasteiger partial charge >= 0.3 is 18.0 Å². The number of thiophene rings is 1. The molecule has 2 amide bonds. The highest BCUT2D eigenvalue weighted by Crippen LogP contribution is 2.14. The first-order valence-corrected chi connectivity index (χ1v) is 6.74. The lowest BCUT2D eigenvalue weighted by molar-refractivity contribution is -0.140. The quantitative estimate of drug-likeness (QED) is 0.603. The number of hydrogen-bond donors (Lipinski definition) is 4. The summed E-state index contributed by atoms with van der Waals surface area (Å²) in [6.45, 7) is 2.25. The zero-order chi connectivity index (χ0) is 15.1. The van der Waals surface area contributed by atoms with Crippen molar-refractivity contribution in [2.75, 3.05) is 0 Å². The predicted octanol–water partition coefficient (Wildman–Crippen LogP) is 1.17. The van der Waals surface area contributed by atoms with Gasteiger partial charge in [0.1, 0.15) is 6.04 Å². The van der Waals surface area contributed by atoms with Crippen molar-refractivity contribution in [3.05, 3.63) is 21.9 Å². The van der Waals surface area contributed by atoms with Crippen molar-refractivity contribution in [3.63, 3.8) is 0 Å². The first-order valence-electron chi connectivity index (χ1n) is 5.92. The minimum absolute atomic E-state index is 0.157. The highest BCUT2D eigenvalue weighted by Gasteiger charge is 2.20. The predicted molar refractivity (Wildman–Crippen MR) is 72.7 cm³/mol. The van der Waals surface area contributed by atoms with Crippen molar-refractivity contribution in [3.8, 4) is 0 Å². The van der Waals surface area contributed by atoms with Gasteiger partial charge in [0.25, 0.3) is 0 Å². The number of urea groups is 1. The molecular weight excluding hydrogens is 284 g/mol. The summed E-state index contributed by atoms with van der Waals surface area (Å²) in [4.78, 5) is 34.9. The highest BCUT2D eigenvalue weighted by molar-refractivity contribution is 7.11. The number of nitrogens with one attached hydrogen (secondary N) is 2. The molecule has 1 heterocycles. The average Bonchev–Trinajstić information content (AvgIpc) is 2.77. The topological polar surface area (TPSA) is 116 Å². The van der Waals surface area contributed by atoms with Gasteiger partial charge in [0.05, 0.1) is 6.54 Å². The number of rotatable bonds is 7. The molecule has 7 nitrogen and oxygen atoms in total. The maximum absolute atomic E-state index is 11.6. The summed E-state index contributed by atoms with van der Waals surface area (Å²) >= 11 is 1.53. The Morgan fingerprint density at radius 3 is 2.50 bits per heavy atom. The number of aryl methyl sites for hydroxylation is 1. The van der Waals surface area contributed by atoms with Crippen LogP contribution in [0.3, 0.4) is 0 Å². The van der Waals surface area contributed by atoms with Crippen LogP contribution in [0.15, 0.2) is 12.1 Å². The maximum atomic E-state index is 11.6. The van der Waals surface area contributed by atoms with E-state index in [9.17, 15) is 14.4 Å². The molecule has 1 aromatic rings. The zero-order valence-corrected chi connectivity index (χ0v) is 11.7. The third-order valence-electron chi connectivity index (χ3n) is 2.47. The molecule has 1 atom stereocenters. The molecule has 8 heteroatoms. The lowest BCUT2D eigenvalue weighted by atomic mass is 10.1. The van der Waals surface area contributed by atoms with E-state index in [1.165, 1.54) is 11.3 Å². The molecule has 0 aliphatic rings. The lowest BCUT2D eigenvalue weighted by Crippen LogP contribution is -2.45. The van der Waals surface area contributed by atoms with Gasteiger partial charge in [-0.3, -0.25) is 4.79 Å². The molecule has 0 saturated carbocycles. The van der Waals surface area contributed by atoms with Crippen molar-refractivity contribution in [2.24, 2.45) is 0 Å². The molecule has 0 aromatic carbocycles. The molecule has 20 heavy (non-hydrogen) atoms. The molecule has 1 rings (SSSR count). The van der Waals surface area contributed by atoms with Crippen molar-refractivity contribution in [1.29, 1.82) is 0 Å². The van der Waals surface area contributed by atoms with Gasteiger partial charge in [0.2, 0.25) is 0 Å². The highest BCUT2D eigenvalue weighted by atomic mass is 32.1. The van der Waals surface area contributed by atoms with Crippen molar-refractivity contribution >= 4 is 29.3 Å². The minimum atomic E-state index is -1.26. The van der Waals surface area contributed by atoms with Gasteiger partial charge in [-0.25, -0.2) is 9.59 Å². The summed E-state index contributed by atoms with van der Waals surface area (Å²) in [6.07, 6.45) is -0.475. The van der Waals surface area contributed by atoms with Crippen molar-refractivity contribution in [1.82, 2.24) is 10.6 Å². The number of carboxylic acid groups (broad SMARTS) is 2. The molecule has 0 bridgehead atoms. The molecule has 0 saturated heterocycles. The second-order valence-electron chi connectivity index (χ2n) is 4.16. The van der Waals surface area contributed by atoms with E-state index < -0.39 is 24.0 Å². The van der Waals surface area contributed by atoms with E-state index in [1.54, 1.807) is 0 Å². The van der Waals surface area contributed by atoms with Gasteiger partial charge in [-0.05, 0) is 25.5 Å². The zero-order valence-electron chi connectivity index (χ0n) is 10.9. The summed E-state index contributed by atoms with van der Waals surface area (Å²) in [5, 5.41) is 22.2. The second-order valence-corrected chi connectivity index (χ2v) is 5.54. The van der Waals surface area contributed by atoms with E-state index in [1.807, 2.05) is 19.1 Å². The Balaban J connectivity index is 2.41. The van der Waals surface area contributed by atoms with Crippen LogP contribution >= 0.6 is 11.3 Å². The van der Waals surface area contributed by atoms with Crippen LogP contribution in [0.2, 0.25) is 0 Å². The molecule has 0 fully saturated rings. The monoisotopic (exact) mass is 300 g/mol. The number of hydrogen-bond acceptors (Lipinski definition) is 4. The average molecular weight is 300 g/mol. The molecule has 0 unspecified atom stereocenters. The number of carbonyl (C=O) groups is 3. The Bertz CT molecular complexity index is 500. The third kappa shape index (κ3) is 5.70. The van der Waals surface area contributed by atoms with Gasteiger partial charge in [0, 0.05) is 16.2 Å². The first kappa shape index (κ1) is 16.0. The normalized spacial score (nSPS) is 11.7. The summed E-state index contributed by atoms with van der Waals surface area (Å²) in [7, 11) is 0. The molecule has 1 aromatic heterocycles. The molecule has 0 spiro atoms. The van der Waals surface area contributed by atoms with Crippen molar-refractivity contribution in [2.45, 2.75) is 32.4 Å². The van der Waals surface area contributed by atoms with E-state index >= 15 is 0 Å². The largest absolute Gasteiger partial charge is 0.481 e. The summed E-state index contributed by atoms with van der Waals surface area (Å²) in [6, 6.07) is 1.95. The minimum Gasteiger partial charge on any atom is -0.481 e. The summed E-state index contributed by atoms with van der Waals surface area (Å²) < 4.78 is 0. The summed E-state index contributed by atoms with van der Waals surface area (Å²) in [5.74, 6) is -2.36. The van der Waals surface area contributed by atoms with Crippen LogP contribution in [0, 0.1) is 6.92 Å². The van der Waals surface area contributed by atoms with Crippen LogP contribution in [0.4, 0.5) is 4.79 Å². The fraction of sp³-hybridized carbons (Fsp3) is 0.417. The number of carboxylic acids is 2. The van der Waals surface area contributed by atoms with E-state index in [2.05, 4.69) is 10.6 Å². The molecule has 4 N–H and O–H groups in total. The Hall–Kier alpha value is -2.09. The van der Waals surface area contributed by atoms with Crippen LogP contribution in [-0.4, -0.2) is 34.2 Å². The van der Waals surface area contributed by atoms with Crippen LogP contribution in [0.1, 0.15) is 22.6 Å². The van der Waals surface area contributed by atoms with Crippen LogP contribution in [0.5, 0.6) is 0 Å². The van der Waals surface area contributed by atoms with Gasteiger partial charge in [0.15, 0.2) is 0 Å². The van der Waals surface area contributed by atoms with E-state index in [-0.39, 0.29) is 12.8 Å². The Morgan fingerprint density at radius 2 is 2.00 bits per heavy atom. The van der Waals surface area contributed by atoms with Gasteiger partial charge in [-0.2, -0.15) is 0 Å². The first-order chi connectivity index (χ1) is 9.38. The van der Waals surface area contributed by atoms with Gasteiger partial charge in [-0.15, -0.1) is 11.3 Å². The second kappa shape index (κ2) is 7.49. The maximum Gasteiger partial charge on any atom is 0.326 e. The van der Waals surface area contributed by atoms with Crippen molar-refractivity contribution < 1.29 is 24.6 Å². The van der Waals surface area contributed by atoms with Gasteiger partial charge in [-0.1, -0.05) is 0 Å². The van der Waals surface area contributed by atoms with E-state index in [0.717, 1.165) is 9.75 Å².